The fraction of sp³-hybridized carbons (Fsp3) is 0.632. The quantitative estimate of drug-likeness (QED) is 0.846. The molecule has 0 radical (unpaired) electrons. The van der Waals surface area contributed by atoms with Crippen LogP contribution in [-0.2, 0) is 13.5 Å². The third kappa shape index (κ3) is 3.84. The molecule has 6 heteroatoms. The minimum atomic E-state index is 0.472. The van der Waals surface area contributed by atoms with Crippen LogP contribution in [0, 0.1) is 5.92 Å². The number of nitrogens with zero attached hydrogens (tertiary/aromatic N) is 4. The summed E-state index contributed by atoms with van der Waals surface area (Å²) in [6, 6.07) is 3.13. The molecular weight excluding hydrogens is 312 g/mol. The molecule has 0 spiro atoms. The van der Waals surface area contributed by atoms with E-state index in [-0.39, 0.29) is 0 Å². The maximum atomic E-state index is 4.79. The molecule has 2 aliphatic rings. The number of aryl methyl sites for hydroxylation is 1. The lowest BCUT2D eigenvalue weighted by atomic mass is 9.91. The summed E-state index contributed by atoms with van der Waals surface area (Å²) < 4.78 is 2.00. The molecule has 2 aromatic heterocycles. The number of hydrogen-bond acceptors (Lipinski definition) is 5. The van der Waals surface area contributed by atoms with Crippen LogP contribution in [0.3, 0.4) is 0 Å². The van der Waals surface area contributed by atoms with E-state index in [2.05, 4.69) is 27.8 Å². The van der Waals surface area contributed by atoms with E-state index in [0.717, 1.165) is 29.5 Å². The zero-order valence-corrected chi connectivity index (χ0v) is 15.2. The maximum Gasteiger partial charge on any atom is 0.223 e. The van der Waals surface area contributed by atoms with Crippen LogP contribution in [-0.4, -0.2) is 38.9 Å². The van der Waals surface area contributed by atoms with E-state index in [9.17, 15) is 0 Å². The molecule has 2 fully saturated rings. The highest BCUT2D eigenvalue weighted by molar-refractivity contribution is 5.62. The molecule has 0 amide bonds. The predicted octanol–water partition coefficient (Wildman–Crippen LogP) is 2.77. The van der Waals surface area contributed by atoms with Gasteiger partial charge in [0.25, 0.3) is 0 Å². The zero-order chi connectivity index (χ0) is 17.2. The molecule has 4 rings (SSSR count). The fourth-order valence-corrected chi connectivity index (χ4v) is 3.80. The molecule has 2 aromatic rings. The summed E-state index contributed by atoms with van der Waals surface area (Å²) in [5.74, 6) is 1.57. The van der Waals surface area contributed by atoms with E-state index in [1.807, 2.05) is 30.2 Å². The van der Waals surface area contributed by atoms with Gasteiger partial charge in [0.05, 0.1) is 11.9 Å². The maximum absolute atomic E-state index is 4.79. The van der Waals surface area contributed by atoms with E-state index in [4.69, 9.17) is 4.98 Å². The average molecular weight is 340 g/mol. The second-order valence-corrected chi connectivity index (χ2v) is 7.52. The van der Waals surface area contributed by atoms with E-state index in [1.165, 1.54) is 44.2 Å². The summed E-state index contributed by atoms with van der Waals surface area (Å²) in [7, 11) is 4.08. The van der Waals surface area contributed by atoms with Gasteiger partial charge < -0.3 is 10.6 Å². The van der Waals surface area contributed by atoms with E-state index >= 15 is 0 Å². The minimum Gasteiger partial charge on any atom is -0.351 e. The van der Waals surface area contributed by atoms with E-state index in [0.29, 0.717) is 12.1 Å². The van der Waals surface area contributed by atoms with Crippen LogP contribution in [0.5, 0.6) is 0 Å². The molecule has 2 heterocycles. The second-order valence-electron chi connectivity index (χ2n) is 7.52. The summed E-state index contributed by atoms with van der Waals surface area (Å²) in [6.45, 7) is 0. The third-order valence-corrected chi connectivity index (χ3v) is 5.64. The first-order valence-corrected chi connectivity index (χ1v) is 9.51. The molecule has 6 nitrogen and oxygen atoms in total. The Bertz CT molecular complexity index is 712. The Kier molecular flexibility index (Phi) is 4.70. The fourth-order valence-electron chi connectivity index (χ4n) is 3.80. The van der Waals surface area contributed by atoms with Gasteiger partial charge in [0, 0.05) is 36.6 Å². The molecule has 2 aliphatic carbocycles. The molecule has 134 valence electrons. The van der Waals surface area contributed by atoms with Crippen molar-refractivity contribution in [1.29, 1.82) is 0 Å². The van der Waals surface area contributed by atoms with Crippen molar-refractivity contribution >= 4 is 5.95 Å². The van der Waals surface area contributed by atoms with Crippen molar-refractivity contribution in [2.24, 2.45) is 13.0 Å². The highest BCUT2D eigenvalue weighted by Gasteiger charge is 2.25. The summed E-state index contributed by atoms with van der Waals surface area (Å²) in [4.78, 5) is 9.23. The number of anilines is 1. The molecule has 2 N–H and O–H groups in total. The van der Waals surface area contributed by atoms with E-state index < -0.39 is 0 Å². The van der Waals surface area contributed by atoms with Gasteiger partial charge in [-0.25, -0.2) is 9.97 Å². The molecule has 25 heavy (non-hydrogen) atoms. The minimum absolute atomic E-state index is 0.472. The van der Waals surface area contributed by atoms with Crippen molar-refractivity contribution in [3.63, 3.8) is 0 Å². The summed E-state index contributed by atoms with van der Waals surface area (Å²) in [6.07, 6.45) is 12.3. The number of nitrogens with one attached hydrogen (secondary N) is 2. The Morgan fingerprint density at radius 1 is 1.12 bits per heavy atom. The van der Waals surface area contributed by atoms with Gasteiger partial charge in [-0.15, -0.1) is 0 Å². The van der Waals surface area contributed by atoms with Crippen molar-refractivity contribution < 1.29 is 0 Å². The molecule has 0 atom stereocenters. The van der Waals surface area contributed by atoms with Crippen LogP contribution in [0.15, 0.2) is 18.5 Å². The van der Waals surface area contributed by atoms with Crippen LogP contribution in [0.4, 0.5) is 5.95 Å². The van der Waals surface area contributed by atoms with Gasteiger partial charge in [0.2, 0.25) is 5.95 Å². The van der Waals surface area contributed by atoms with Crippen LogP contribution in [0.25, 0.3) is 11.3 Å². The first-order valence-electron chi connectivity index (χ1n) is 9.51. The van der Waals surface area contributed by atoms with Crippen molar-refractivity contribution in [3.05, 3.63) is 24.2 Å². The van der Waals surface area contributed by atoms with Gasteiger partial charge in [-0.2, -0.15) is 5.10 Å². The Morgan fingerprint density at radius 2 is 1.88 bits per heavy atom. The number of aromatic nitrogens is 4. The van der Waals surface area contributed by atoms with Crippen molar-refractivity contribution in [1.82, 2.24) is 25.1 Å². The predicted molar refractivity (Wildman–Crippen MR) is 99.4 cm³/mol. The molecule has 0 saturated heterocycles. The normalized spacial score (nSPS) is 23.6. The molecule has 0 aliphatic heterocycles. The Labute approximate surface area is 149 Å². The Morgan fingerprint density at radius 3 is 2.60 bits per heavy atom. The molecule has 0 bridgehead atoms. The molecule has 2 saturated carbocycles. The van der Waals surface area contributed by atoms with Gasteiger partial charge in [0.1, 0.15) is 0 Å². The smallest absolute Gasteiger partial charge is 0.223 e. The highest BCUT2D eigenvalue weighted by atomic mass is 15.3. The van der Waals surface area contributed by atoms with Gasteiger partial charge >= 0.3 is 0 Å². The number of rotatable bonds is 6. The standard InChI is InChI=1S/C19H28N6/c1-20-14-5-7-15(8-6-14)23-19-21-10-9-17(24-19)16-12-22-25(2)18(16)11-13-3-4-13/h9-10,12-15,20H,3-8,11H2,1-2H3,(H,21,23,24)/t14-,15-. The van der Waals surface area contributed by atoms with Crippen molar-refractivity contribution in [2.45, 2.75) is 57.0 Å². The van der Waals surface area contributed by atoms with Crippen molar-refractivity contribution in [3.8, 4) is 11.3 Å². The van der Waals surface area contributed by atoms with E-state index in [1.54, 1.807) is 0 Å². The molecule has 0 unspecified atom stereocenters. The lowest BCUT2D eigenvalue weighted by Crippen LogP contribution is -2.35. The molecular formula is C19H28N6. The van der Waals surface area contributed by atoms with Gasteiger partial charge in [0.15, 0.2) is 0 Å². The zero-order valence-electron chi connectivity index (χ0n) is 15.2. The molecule has 0 aromatic carbocycles. The van der Waals surface area contributed by atoms with Crippen LogP contribution >= 0.6 is 0 Å². The summed E-state index contributed by atoms with van der Waals surface area (Å²) in [5.41, 5.74) is 3.42. The SMILES string of the molecule is CN[C@H]1CC[C@H](Nc2nccc(-c3cnn(C)c3CC3CC3)n2)CC1. The van der Waals surface area contributed by atoms with Crippen LogP contribution < -0.4 is 10.6 Å². The third-order valence-electron chi connectivity index (χ3n) is 5.64. The van der Waals surface area contributed by atoms with Gasteiger partial charge in [-0.1, -0.05) is 0 Å². The topological polar surface area (TPSA) is 67.7 Å². The highest BCUT2D eigenvalue weighted by Crippen LogP contribution is 2.35. The monoisotopic (exact) mass is 340 g/mol. The van der Waals surface area contributed by atoms with Crippen LogP contribution in [0.2, 0.25) is 0 Å². The average Bonchev–Trinajstić information content (AvgIpc) is 3.39. The Balaban J connectivity index is 1.48. The first kappa shape index (κ1) is 16.5. The summed E-state index contributed by atoms with van der Waals surface area (Å²) in [5, 5.41) is 11.4. The van der Waals surface area contributed by atoms with Gasteiger partial charge in [-0.05, 0) is 64.0 Å². The number of hydrogen-bond donors (Lipinski definition) is 2. The largest absolute Gasteiger partial charge is 0.351 e. The summed E-state index contributed by atoms with van der Waals surface area (Å²) >= 11 is 0. The first-order chi connectivity index (χ1) is 12.2. The second kappa shape index (κ2) is 7.12. The van der Waals surface area contributed by atoms with Gasteiger partial charge in [-0.3, -0.25) is 4.68 Å². The lowest BCUT2D eigenvalue weighted by molar-refractivity contribution is 0.370. The van der Waals surface area contributed by atoms with Crippen molar-refractivity contribution in [2.75, 3.05) is 12.4 Å². The van der Waals surface area contributed by atoms with Crippen LogP contribution in [0.1, 0.15) is 44.2 Å². The Hall–Kier alpha value is -1.95. The lowest BCUT2D eigenvalue weighted by Gasteiger charge is -2.28.